The fourth-order valence-electron chi connectivity index (χ4n) is 1.21. The summed E-state index contributed by atoms with van der Waals surface area (Å²) in [5.74, 6) is 0.138. The zero-order chi connectivity index (χ0) is 8.01. The zero-order valence-corrected chi connectivity index (χ0v) is 8.98. The van der Waals surface area contributed by atoms with Crippen LogP contribution in [-0.2, 0) is 4.79 Å². The third-order valence-corrected chi connectivity index (χ3v) is 3.98. The number of hydrogen-bond acceptors (Lipinski definition) is 1. The second-order valence-corrected chi connectivity index (χ2v) is 4.63. The maximum atomic E-state index is 11.4. The third kappa shape index (κ3) is 1.26. The lowest BCUT2D eigenvalue weighted by Gasteiger charge is -2.13. The largest absolute Gasteiger partial charge is 0.330 e. The summed E-state index contributed by atoms with van der Waals surface area (Å²) < 4.78 is 1.68. The molecule has 0 radical (unpaired) electrons. The van der Waals surface area contributed by atoms with Crippen LogP contribution in [0.4, 0.5) is 0 Å². The van der Waals surface area contributed by atoms with Crippen molar-refractivity contribution in [3.8, 4) is 0 Å². The first-order chi connectivity index (χ1) is 5.20. The molecule has 4 heteroatoms. The van der Waals surface area contributed by atoms with Crippen LogP contribution in [0.1, 0.15) is 12.8 Å². The van der Waals surface area contributed by atoms with Crippen LogP contribution in [-0.4, -0.2) is 23.4 Å². The Morgan fingerprint density at radius 2 is 2.00 bits per heavy atom. The summed E-state index contributed by atoms with van der Waals surface area (Å²) in [6.45, 7) is 0.754. The van der Waals surface area contributed by atoms with E-state index in [0.717, 1.165) is 11.0 Å². The van der Waals surface area contributed by atoms with Gasteiger partial charge in [0.15, 0.2) is 0 Å². The first-order valence-corrected chi connectivity index (χ1v) is 5.14. The van der Waals surface area contributed by atoms with Crippen LogP contribution < -0.4 is 0 Å². The maximum absolute atomic E-state index is 11.4. The van der Waals surface area contributed by atoms with Gasteiger partial charge in [0.05, 0.1) is 11.0 Å². The zero-order valence-electron chi connectivity index (χ0n) is 5.81. The van der Waals surface area contributed by atoms with Gasteiger partial charge < -0.3 is 4.90 Å². The third-order valence-electron chi connectivity index (χ3n) is 1.98. The van der Waals surface area contributed by atoms with Gasteiger partial charge in [-0.05, 0) is 28.8 Å². The van der Waals surface area contributed by atoms with E-state index in [4.69, 9.17) is 0 Å². The van der Waals surface area contributed by atoms with Gasteiger partial charge in [-0.15, -0.1) is 0 Å². The van der Waals surface area contributed by atoms with Gasteiger partial charge in [-0.2, -0.15) is 0 Å². The molecule has 11 heavy (non-hydrogen) atoms. The van der Waals surface area contributed by atoms with Crippen molar-refractivity contribution in [3.05, 3.63) is 8.96 Å². The standard InChI is InChI=1S/C7H7Br2NO/c8-5-3-10(4-1-2-4)7(11)6(5)9/h4H,1-3H2. The number of carbonyl (C=O) groups excluding carboxylic acids is 1. The Kier molecular flexibility index (Phi) is 1.84. The first-order valence-electron chi connectivity index (χ1n) is 3.55. The monoisotopic (exact) mass is 279 g/mol. The molecule has 1 aliphatic heterocycles. The fraction of sp³-hybridized carbons (Fsp3) is 0.571. The molecule has 0 aromatic carbocycles. The molecule has 0 aromatic heterocycles. The molecule has 2 aliphatic rings. The number of amides is 1. The van der Waals surface area contributed by atoms with E-state index in [1.54, 1.807) is 0 Å². The van der Waals surface area contributed by atoms with E-state index in [0.29, 0.717) is 10.5 Å². The van der Waals surface area contributed by atoms with Crippen molar-refractivity contribution < 1.29 is 4.79 Å². The molecular weight excluding hydrogens is 274 g/mol. The molecule has 1 heterocycles. The Bertz CT molecular complexity index is 245. The summed E-state index contributed by atoms with van der Waals surface area (Å²) >= 11 is 6.60. The Balaban J connectivity index is 2.16. The summed E-state index contributed by atoms with van der Waals surface area (Å²) in [6.07, 6.45) is 2.35. The molecule has 0 spiro atoms. The van der Waals surface area contributed by atoms with Gasteiger partial charge in [-0.1, -0.05) is 15.9 Å². The van der Waals surface area contributed by atoms with Crippen LogP contribution in [0.15, 0.2) is 8.96 Å². The summed E-state index contributed by atoms with van der Waals surface area (Å²) in [5, 5.41) is 0. The molecule has 0 bridgehead atoms. The topological polar surface area (TPSA) is 20.3 Å². The van der Waals surface area contributed by atoms with Gasteiger partial charge in [0.1, 0.15) is 0 Å². The van der Waals surface area contributed by atoms with E-state index in [1.165, 1.54) is 12.8 Å². The van der Waals surface area contributed by atoms with E-state index in [-0.39, 0.29) is 5.91 Å². The molecular formula is C7H7Br2NO. The fourth-order valence-corrected chi connectivity index (χ4v) is 2.01. The summed E-state index contributed by atoms with van der Waals surface area (Å²) in [7, 11) is 0. The predicted molar refractivity (Wildman–Crippen MR) is 49.6 cm³/mol. The Labute approximate surface area is 81.9 Å². The van der Waals surface area contributed by atoms with Crippen molar-refractivity contribution >= 4 is 37.8 Å². The van der Waals surface area contributed by atoms with E-state index in [9.17, 15) is 4.79 Å². The minimum Gasteiger partial charge on any atom is -0.330 e. The summed E-state index contributed by atoms with van der Waals surface area (Å²) in [6, 6.07) is 0.519. The molecule has 60 valence electrons. The number of carbonyl (C=O) groups is 1. The van der Waals surface area contributed by atoms with Crippen molar-refractivity contribution in [2.24, 2.45) is 0 Å². The molecule has 0 atom stereocenters. The molecule has 0 saturated heterocycles. The Morgan fingerprint density at radius 1 is 1.36 bits per heavy atom. The van der Waals surface area contributed by atoms with Crippen molar-refractivity contribution in [2.75, 3.05) is 6.54 Å². The molecule has 0 aromatic rings. The number of rotatable bonds is 1. The molecule has 1 saturated carbocycles. The SMILES string of the molecule is O=C1C(Br)=C(Br)CN1C1CC1. The number of nitrogens with zero attached hydrogens (tertiary/aromatic N) is 1. The van der Waals surface area contributed by atoms with Crippen LogP contribution in [0.25, 0.3) is 0 Å². The average molecular weight is 281 g/mol. The van der Waals surface area contributed by atoms with Crippen molar-refractivity contribution in [1.29, 1.82) is 0 Å². The van der Waals surface area contributed by atoms with E-state index in [1.807, 2.05) is 4.90 Å². The van der Waals surface area contributed by atoms with Crippen LogP contribution in [0, 0.1) is 0 Å². The molecule has 1 aliphatic carbocycles. The van der Waals surface area contributed by atoms with Crippen molar-refractivity contribution in [1.82, 2.24) is 4.90 Å². The lowest BCUT2D eigenvalue weighted by atomic mass is 10.5. The van der Waals surface area contributed by atoms with Gasteiger partial charge in [0.2, 0.25) is 0 Å². The molecule has 0 unspecified atom stereocenters. The van der Waals surface area contributed by atoms with Crippen LogP contribution in [0.3, 0.4) is 0 Å². The molecule has 0 N–H and O–H groups in total. The highest BCUT2D eigenvalue weighted by Gasteiger charge is 2.38. The Morgan fingerprint density at radius 3 is 2.36 bits per heavy atom. The normalized spacial score (nSPS) is 25.3. The van der Waals surface area contributed by atoms with Gasteiger partial charge >= 0.3 is 0 Å². The molecule has 1 fully saturated rings. The van der Waals surface area contributed by atoms with Gasteiger partial charge in [0.25, 0.3) is 5.91 Å². The summed E-state index contributed by atoms with van der Waals surface area (Å²) in [5.41, 5.74) is 0. The first kappa shape index (κ1) is 7.80. The predicted octanol–water partition coefficient (Wildman–Crippen LogP) is 1.99. The minimum absolute atomic E-state index is 0.138. The number of hydrogen-bond donors (Lipinski definition) is 0. The number of halogens is 2. The molecule has 1 amide bonds. The highest BCUT2D eigenvalue weighted by atomic mass is 79.9. The van der Waals surface area contributed by atoms with Gasteiger partial charge in [-0.3, -0.25) is 4.79 Å². The van der Waals surface area contributed by atoms with Gasteiger partial charge in [-0.25, -0.2) is 0 Å². The van der Waals surface area contributed by atoms with Crippen LogP contribution >= 0.6 is 31.9 Å². The lowest BCUT2D eigenvalue weighted by Crippen LogP contribution is -2.28. The second kappa shape index (κ2) is 2.59. The smallest absolute Gasteiger partial charge is 0.262 e. The van der Waals surface area contributed by atoms with Crippen molar-refractivity contribution in [3.63, 3.8) is 0 Å². The molecule has 2 rings (SSSR count). The maximum Gasteiger partial charge on any atom is 0.262 e. The minimum atomic E-state index is 0.138. The van der Waals surface area contributed by atoms with E-state index in [2.05, 4.69) is 31.9 Å². The Hall–Kier alpha value is 0.170. The highest BCUT2D eigenvalue weighted by Crippen LogP contribution is 2.36. The van der Waals surface area contributed by atoms with E-state index < -0.39 is 0 Å². The van der Waals surface area contributed by atoms with Crippen LogP contribution in [0.2, 0.25) is 0 Å². The molecule has 2 nitrogen and oxygen atoms in total. The van der Waals surface area contributed by atoms with Crippen LogP contribution in [0.5, 0.6) is 0 Å². The van der Waals surface area contributed by atoms with E-state index >= 15 is 0 Å². The lowest BCUT2D eigenvalue weighted by molar-refractivity contribution is -0.125. The van der Waals surface area contributed by atoms with Crippen molar-refractivity contribution in [2.45, 2.75) is 18.9 Å². The summed E-state index contributed by atoms with van der Waals surface area (Å²) in [4.78, 5) is 13.3. The average Bonchev–Trinajstić information content (AvgIpc) is 2.76. The van der Waals surface area contributed by atoms with Gasteiger partial charge in [0, 0.05) is 10.5 Å². The quantitative estimate of drug-likeness (QED) is 0.719. The highest BCUT2D eigenvalue weighted by molar-refractivity contribution is 9.14. The second-order valence-electron chi connectivity index (χ2n) is 2.88.